The Balaban J connectivity index is 2.68. The summed E-state index contributed by atoms with van der Waals surface area (Å²) in [5, 5.41) is 48.9. The van der Waals surface area contributed by atoms with Crippen molar-refractivity contribution in [3.8, 4) is 0 Å². The van der Waals surface area contributed by atoms with Crippen LogP contribution < -0.4 is 10.9 Å². The van der Waals surface area contributed by atoms with E-state index in [1.807, 2.05) is 0 Å². The average molecular weight is 267 g/mol. The fraction of sp³-hybridized carbons (Fsp3) is 0.875. The molecule has 0 spiro atoms. The van der Waals surface area contributed by atoms with E-state index in [1.54, 1.807) is 0 Å². The third-order valence-corrected chi connectivity index (χ3v) is 2.64. The molecule has 10 heteroatoms. The summed E-state index contributed by atoms with van der Waals surface area (Å²) in [5.41, 5.74) is 1.53. The number of aliphatic hydroxyl groups is 4. The van der Waals surface area contributed by atoms with Gasteiger partial charge in [-0.25, -0.2) is 9.80 Å². The molecule has 106 valence electrons. The van der Waals surface area contributed by atoms with Crippen LogP contribution in [-0.4, -0.2) is 81.0 Å². The molecule has 0 aromatic carbocycles. The minimum Gasteiger partial charge on any atom is -0.394 e. The molecule has 0 aliphatic carbocycles. The van der Waals surface area contributed by atoms with Gasteiger partial charge in [-0.05, 0) is 0 Å². The Labute approximate surface area is 102 Å². The van der Waals surface area contributed by atoms with Gasteiger partial charge in [0, 0.05) is 7.05 Å². The van der Waals surface area contributed by atoms with Crippen LogP contribution in [0.2, 0.25) is 0 Å². The van der Waals surface area contributed by atoms with Crippen molar-refractivity contribution in [2.75, 3.05) is 13.7 Å². The predicted octanol–water partition coefficient (Wildman–Crippen LogP) is -3.68. The Kier molecular flexibility index (Phi) is 5.22. The van der Waals surface area contributed by atoms with E-state index in [2.05, 4.69) is 5.32 Å². The SMILES string of the molecule is CN(NO)C(=O)NC1C(O)OC(CO)C(O)C1O. The fourth-order valence-electron chi connectivity index (χ4n) is 1.54. The molecule has 0 aromatic rings. The van der Waals surface area contributed by atoms with E-state index in [4.69, 9.17) is 15.1 Å². The molecular weight excluding hydrogens is 250 g/mol. The van der Waals surface area contributed by atoms with Gasteiger partial charge in [0.25, 0.3) is 0 Å². The Bertz CT molecular complexity index is 292. The first-order valence-electron chi connectivity index (χ1n) is 5.16. The number of urea groups is 1. The second kappa shape index (κ2) is 6.24. The predicted molar refractivity (Wildman–Crippen MR) is 55.0 cm³/mol. The molecule has 1 fully saturated rings. The van der Waals surface area contributed by atoms with Crippen molar-refractivity contribution in [1.29, 1.82) is 0 Å². The van der Waals surface area contributed by atoms with Crippen molar-refractivity contribution in [3.63, 3.8) is 0 Å². The summed E-state index contributed by atoms with van der Waals surface area (Å²) in [5.74, 6) is 0. The number of hydrazine groups is 1. The zero-order valence-electron chi connectivity index (χ0n) is 9.59. The van der Waals surface area contributed by atoms with Crippen molar-refractivity contribution >= 4 is 6.03 Å². The summed E-state index contributed by atoms with van der Waals surface area (Å²) in [6.07, 6.45) is -5.73. The van der Waals surface area contributed by atoms with Crippen molar-refractivity contribution in [3.05, 3.63) is 0 Å². The Hall–Kier alpha value is -1.01. The Morgan fingerprint density at radius 2 is 1.94 bits per heavy atom. The second-order valence-electron chi connectivity index (χ2n) is 3.86. The first-order valence-corrected chi connectivity index (χ1v) is 5.16. The molecule has 7 N–H and O–H groups in total. The Morgan fingerprint density at radius 1 is 1.33 bits per heavy atom. The Morgan fingerprint density at radius 3 is 2.44 bits per heavy atom. The summed E-state index contributed by atoms with van der Waals surface area (Å²) in [6.45, 7) is -0.589. The maximum absolute atomic E-state index is 11.4. The van der Waals surface area contributed by atoms with E-state index < -0.39 is 43.3 Å². The molecule has 0 bridgehead atoms. The molecule has 1 saturated heterocycles. The highest BCUT2D eigenvalue weighted by atomic mass is 16.6. The highest BCUT2D eigenvalue weighted by Gasteiger charge is 2.44. The van der Waals surface area contributed by atoms with Gasteiger partial charge in [-0.2, -0.15) is 0 Å². The lowest BCUT2D eigenvalue weighted by Crippen LogP contribution is -2.65. The zero-order valence-corrected chi connectivity index (χ0v) is 9.59. The van der Waals surface area contributed by atoms with Crippen molar-refractivity contribution in [1.82, 2.24) is 15.9 Å². The highest BCUT2D eigenvalue weighted by molar-refractivity contribution is 5.73. The summed E-state index contributed by atoms with van der Waals surface area (Å²) >= 11 is 0. The van der Waals surface area contributed by atoms with E-state index >= 15 is 0 Å². The third-order valence-electron chi connectivity index (χ3n) is 2.64. The number of aliphatic hydroxyl groups excluding tert-OH is 4. The molecule has 1 rings (SSSR count). The van der Waals surface area contributed by atoms with E-state index in [0.717, 1.165) is 0 Å². The molecule has 10 nitrogen and oxygen atoms in total. The number of nitrogens with one attached hydrogen (secondary N) is 2. The lowest BCUT2D eigenvalue weighted by atomic mass is 9.97. The number of nitrogens with zero attached hydrogens (tertiary/aromatic N) is 1. The van der Waals surface area contributed by atoms with Gasteiger partial charge >= 0.3 is 6.03 Å². The van der Waals surface area contributed by atoms with Gasteiger partial charge in [-0.1, -0.05) is 0 Å². The maximum atomic E-state index is 11.4. The number of carbonyl (C=O) groups excluding carboxylic acids is 1. The second-order valence-corrected chi connectivity index (χ2v) is 3.86. The van der Waals surface area contributed by atoms with Gasteiger partial charge in [0.05, 0.1) is 6.61 Å². The number of carbonyl (C=O) groups is 1. The largest absolute Gasteiger partial charge is 0.394 e. The summed E-state index contributed by atoms with van der Waals surface area (Å²) in [7, 11) is 1.19. The smallest absolute Gasteiger partial charge is 0.333 e. The molecule has 1 aliphatic rings. The highest BCUT2D eigenvalue weighted by Crippen LogP contribution is 2.19. The van der Waals surface area contributed by atoms with Crippen LogP contribution >= 0.6 is 0 Å². The van der Waals surface area contributed by atoms with E-state index in [0.29, 0.717) is 5.01 Å². The third kappa shape index (κ3) is 3.05. The van der Waals surface area contributed by atoms with Gasteiger partial charge in [0.2, 0.25) is 0 Å². The fourth-order valence-corrected chi connectivity index (χ4v) is 1.54. The minimum absolute atomic E-state index is 0.589. The molecule has 1 heterocycles. The molecular formula is C8H17N3O7. The lowest BCUT2D eigenvalue weighted by molar-refractivity contribution is -0.252. The molecule has 0 aromatic heterocycles. The van der Waals surface area contributed by atoms with E-state index in [1.165, 1.54) is 12.6 Å². The molecule has 1 aliphatic heterocycles. The van der Waals surface area contributed by atoms with Crippen molar-refractivity contribution in [2.45, 2.75) is 30.6 Å². The summed E-state index contributed by atoms with van der Waals surface area (Å²) in [4.78, 5) is 11.4. The first kappa shape index (κ1) is 15.0. The molecule has 5 unspecified atom stereocenters. The standard InChI is InChI=1S/C8H17N3O7/c1-11(10-17)8(16)9-4-6(14)5(13)3(2-12)18-7(4)15/h3-7,10,12-15,17H,2H2,1H3,(H,9,16). The quantitative estimate of drug-likeness (QED) is 0.258. The lowest BCUT2D eigenvalue weighted by Gasteiger charge is -2.40. The minimum atomic E-state index is -1.60. The molecule has 0 radical (unpaired) electrons. The number of rotatable bonds is 3. The van der Waals surface area contributed by atoms with Crippen molar-refractivity contribution in [2.24, 2.45) is 0 Å². The molecule has 5 atom stereocenters. The van der Waals surface area contributed by atoms with Crippen LogP contribution in [0.3, 0.4) is 0 Å². The van der Waals surface area contributed by atoms with Crippen LogP contribution in [0.15, 0.2) is 0 Å². The van der Waals surface area contributed by atoms with Gasteiger partial charge < -0.3 is 30.5 Å². The van der Waals surface area contributed by atoms with Gasteiger partial charge in [0.15, 0.2) is 6.29 Å². The van der Waals surface area contributed by atoms with Crippen LogP contribution in [0.4, 0.5) is 4.79 Å². The number of amides is 2. The number of hydrogen-bond donors (Lipinski definition) is 7. The molecule has 0 saturated carbocycles. The van der Waals surface area contributed by atoms with E-state index in [-0.39, 0.29) is 0 Å². The number of hydrogen-bond acceptors (Lipinski definition) is 8. The zero-order chi connectivity index (χ0) is 13.9. The van der Waals surface area contributed by atoms with Crippen LogP contribution in [0.5, 0.6) is 0 Å². The topological polar surface area (TPSA) is 155 Å². The van der Waals surface area contributed by atoms with Gasteiger partial charge in [-0.3, -0.25) is 5.21 Å². The number of ether oxygens (including phenoxy) is 1. The maximum Gasteiger partial charge on any atom is 0.333 e. The van der Waals surface area contributed by atoms with Crippen LogP contribution in [-0.2, 0) is 4.74 Å². The molecule has 18 heavy (non-hydrogen) atoms. The van der Waals surface area contributed by atoms with Gasteiger partial charge in [-0.15, -0.1) is 5.59 Å². The van der Waals surface area contributed by atoms with Gasteiger partial charge in [0.1, 0.15) is 24.4 Å². The van der Waals surface area contributed by atoms with E-state index in [9.17, 15) is 20.1 Å². The van der Waals surface area contributed by atoms with Crippen LogP contribution in [0, 0.1) is 0 Å². The van der Waals surface area contributed by atoms with Crippen LogP contribution in [0.25, 0.3) is 0 Å². The normalized spacial score (nSPS) is 36.2. The van der Waals surface area contributed by atoms with Crippen molar-refractivity contribution < 1.29 is 35.2 Å². The van der Waals surface area contributed by atoms with Crippen LogP contribution in [0.1, 0.15) is 0 Å². The summed E-state index contributed by atoms with van der Waals surface area (Å²) < 4.78 is 4.82. The molecule has 2 amide bonds. The first-order chi connectivity index (χ1) is 8.42. The monoisotopic (exact) mass is 267 g/mol. The summed E-state index contributed by atoms with van der Waals surface area (Å²) in [6, 6.07) is -2.16. The average Bonchev–Trinajstić information content (AvgIpc) is 2.37.